The number of fused-ring (bicyclic) bond motifs is 1. The highest BCUT2D eigenvalue weighted by Gasteiger charge is 2.16. The number of para-hydroxylation sites is 1. The number of nitrogens with one attached hydrogen (secondary N) is 1. The first-order chi connectivity index (χ1) is 7.40. The van der Waals surface area contributed by atoms with Crippen molar-refractivity contribution in [1.82, 2.24) is 0 Å². The molecule has 0 aromatic heterocycles. The van der Waals surface area contributed by atoms with Gasteiger partial charge in [0, 0.05) is 11.7 Å². The lowest BCUT2D eigenvalue weighted by Crippen LogP contribution is -2.25. The zero-order valence-corrected chi connectivity index (χ0v) is 10.1. The highest BCUT2D eigenvalue weighted by Crippen LogP contribution is 2.25. The minimum absolute atomic E-state index is 0.693. The average molecular weight is 221 g/mol. The second-order valence-electron chi connectivity index (χ2n) is 4.02. The first-order valence-corrected chi connectivity index (χ1v) is 6.98. The van der Waals surface area contributed by atoms with Gasteiger partial charge < -0.3 is 5.32 Å². The zero-order valence-electron chi connectivity index (χ0n) is 9.33. The molecular weight excluding hydrogens is 202 g/mol. The van der Waals surface area contributed by atoms with Crippen molar-refractivity contribution in [2.24, 2.45) is 0 Å². The van der Waals surface area contributed by atoms with Gasteiger partial charge in [-0.05, 0) is 42.4 Å². The molecule has 1 atom stereocenters. The van der Waals surface area contributed by atoms with Crippen LogP contribution in [0.4, 0.5) is 5.69 Å². The molecule has 1 nitrogen and oxygen atoms in total. The van der Waals surface area contributed by atoms with Gasteiger partial charge in [0.05, 0.1) is 0 Å². The van der Waals surface area contributed by atoms with Crippen molar-refractivity contribution in [3.05, 3.63) is 29.8 Å². The number of thioether (sulfide) groups is 1. The van der Waals surface area contributed by atoms with Gasteiger partial charge in [0.1, 0.15) is 0 Å². The topological polar surface area (TPSA) is 12.0 Å². The molecule has 1 N–H and O–H groups in total. The van der Waals surface area contributed by atoms with Crippen LogP contribution < -0.4 is 5.32 Å². The molecule has 1 aromatic rings. The van der Waals surface area contributed by atoms with Crippen LogP contribution in [0.1, 0.15) is 25.3 Å². The fraction of sp³-hybridized carbons (Fsp3) is 0.538. The molecule has 0 aliphatic carbocycles. The lowest BCUT2D eigenvalue weighted by atomic mass is 9.97. The van der Waals surface area contributed by atoms with Crippen LogP contribution in [0.25, 0.3) is 0 Å². The van der Waals surface area contributed by atoms with Crippen molar-refractivity contribution in [1.29, 1.82) is 0 Å². The Bertz CT molecular complexity index is 311. The van der Waals surface area contributed by atoms with Crippen LogP contribution in [0.2, 0.25) is 0 Å². The summed E-state index contributed by atoms with van der Waals surface area (Å²) in [7, 11) is 0. The Morgan fingerprint density at radius 1 is 1.40 bits per heavy atom. The molecule has 2 rings (SSSR count). The van der Waals surface area contributed by atoms with E-state index in [1.807, 2.05) is 11.8 Å². The van der Waals surface area contributed by atoms with Crippen molar-refractivity contribution in [2.45, 2.75) is 32.2 Å². The quantitative estimate of drug-likeness (QED) is 0.780. The van der Waals surface area contributed by atoms with Gasteiger partial charge in [0.15, 0.2) is 0 Å². The number of rotatable bonds is 4. The van der Waals surface area contributed by atoms with Crippen molar-refractivity contribution in [3.8, 4) is 0 Å². The lowest BCUT2D eigenvalue weighted by Gasteiger charge is -2.26. The third kappa shape index (κ3) is 2.91. The maximum Gasteiger partial charge on any atom is 0.0374 e. The summed E-state index contributed by atoms with van der Waals surface area (Å²) >= 11 is 2.04. The van der Waals surface area contributed by atoms with Gasteiger partial charge in [-0.25, -0.2) is 0 Å². The van der Waals surface area contributed by atoms with Gasteiger partial charge in [-0.1, -0.05) is 25.1 Å². The normalized spacial score (nSPS) is 19.4. The lowest BCUT2D eigenvalue weighted by molar-refractivity contribution is 0.618. The van der Waals surface area contributed by atoms with E-state index < -0.39 is 0 Å². The summed E-state index contributed by atoms with van der Waals surface area (Å²) in [4.78, 5) is 0. The summed E-state index contributed by atoms with van der Waals surface area (Å²) in [6.45, 7) is 2.23. The second kappa shape index (κ2) is 5.45. The highest BCUT2D eigenvalue weighted by atomic mass is 32.2. The first kappa shape index (κ1) is 10.9. The molecule has 0 saturated carbocycles. The van der Waals surface area contributed by atoms with E-state index in [9.17, 15) is 0 Å². The van der Waals surface area contributed by atoms with E-state index in [-0.39, 0.29) is 0 Å². The van der Waals surface area contributed by atoms with Gasteiger partial charge in [-0.3, -0.25) is 0 Å². The van der Waals surface area contributed by atoms with E-state index in [1.165, 1.54) is 42.0 Å². The number of hydrogen-bond donors (Lipinski definition) is 1. The molecule has 0 saturated heterocycles. The predicted molar refractivity (Wildman–Crippen MR) is 69.8 cm³/mol. The smallest absolute Gasteiger partial charge is 0.0374 e. The molecule has 0 radical (unpaired) electrons. The van der Waals surface area contributed by atoms with E-state index >= 15 is 0 Å². The first-order valence-electron chi connectivity index (χ1n) is 5.82. The Kier molecular flexibility index (Phi) is 3.95. The van der Waals surface area contributed by atoms with Gasteiger partial charge in [-0.15, -0.1) is 0 Å². The fourth-order valence-electron chi connectivity index (χ4n) is 2.09. The summed E-state index contributed by atoms with van der Waals surface area (Å²) in [6, 6.07) is 9.38. The molecule has 0 spiro atoms. The maximum atomic E-state index is 3.64. The van der Waals surface area contributed by atoms with E-state index in [4.69, 9.17) is 0 Å². The summed E-state index contributed by atoms with van der Waals surface area (Å²) in [6.07, 6.45) is 3.83. The molecule has 82 valence electrons. The van der Waals surface area contributed by atoms with E-state index in [0.717, 1.165) is 0 Å². The SMILES string of the molecule is CCSCCC1CCc2ccccc2N1. The number of hydrogen-bond acceptors (Lipinski definition) is 2. The summed E-state index contributed by atoms with van der Waals surface area (Å²) in [5, 5.41) is 3.64. The molecule has 1 unspecified atom stereocenters. The van der Waals surface area contributed by atoms with Crippen LogP contribution >= 0.6 is 11.8 Å². The zero-order chi connectivity index (χ0) is 10.5. The van der Waals surface area contributed by atoms with Crippen molar-refractivity contribution in [3.63, 3.8) is 0 Å². The highest BCUT2D eigenvalue weighted by molar-refractivity contribution is 7.99. The summed E-state index contributed by atoms with van der Waals surface area (Å²) in [5.74, 6) is 2.53. The van der Waals surface area contributed by atoms with Crippen LogP contribution in [0.15, 0.2) is 24.3 Å². The maximum absolute atomic E-state index is 3.64. The molecule has 0 fully saturated rings. The molecule has 2 heteroatoms. The van der Waals surface area contributed by atoms with Gasteiger partial charge in [0.2, 0.25) is 0 Å². The van der Waals surface area contributed by atoms with Crippen LogP contribution in [0.5, 0.6) is 0 Å². The third-order valence-electron chi connectivity index (χ3n) is 2.95. The standard InChI is InChI=1S/C13H19NS/c1-2-15-10-9-12-8-7-11-5-3-4-6-13(11)14-12/h3-6,12,14H,2,7-10H2,1H3. The number of benzene rings is 1. The van der Waals surface area contributed by atoms with E-state index in [2.05, 4.69) is 36.5 Å². The number of anilines is 1. The fourth-order valence-corrected chi connectivity index (χ4v) is 2.83. The van der Waals surface area contributed by atoms with Crippen LogP contribution in [-0.2, 0) is 6.42 Å². The molecule has 1 aliphatic heterocycles. The van der Waals surface area contributed by atoms with Crippen LogP contribution in [0.3, 0.4) is 0 Å². The second-order valence-corrected chi connectivity index (χ2v) is 5.42. The van der Waals surface area contributed by atoms with E-state index in [1.54, 1.807) is 0 Å². The van der Waals surface area contributed by atoms with Crippen molar-refractivity contribution in [2.75, 3.05) is 16.8 Å². The van der Waals surface area contributed by atoms with Gasteiger partial charge in [-0.2, -0.15) is 11.8 Å². The monoisotopic (exact) mass is 221 g/mol. The largest absolute Gasteiger partial charge is 0.382 e. The third-order valence-corrected chi connectivity index (χ3v) is 3.89. The average Bonchev–Trinajstić information content (AvgIpc) is 2.29. The molecule has 0 amide bonds. The Hall–Kier alpha value is -0.630. The Balaban J connectivity index is 1.88. The van der Waals surface area contributed by atoms with E-state index in [0.29, 0.717) is 6.04 Å². The number of aryl methyl sites for hydroxylation is 1. The Morgan fingerprint density at radius 2 is 2.27 bits per heavy atom. The van der Waals surface area contributed by atoms with Crippen LogP contribution in [0, 0.1) is 0 Å². The molecular formula is C13H19NS. The Labute approximate surface area is 96.7 Å². The summed E-state index contributed by atoms with van der Waals surface area (Å²) in [5.41, 5.74) is 2.84. The minimum atomic E-state index is 0.693. The Morgan fingerprint density at radius 3 is 3.13 bits per heavy atom. The van der Waals surface area contributed by atoms with Crippen molar-refractivity contribution >= 4 is 17.4 Å². The summed E-state index contributed by atoms with van der Waals surface area (Å²) < 4.78 is 0. The molecule has 1 aliphatic rings. The minimum Gasteiger partial charge on any atom is -0.382 e. The van der Waals surface area contributed by atoms with Crippen LogP contribution in [-0.4, -0.2) is 17.5 Å². The predicted octanol–water partition coefficient (Wildman–Crippen LogP) is 3.56. The molecule has 15 heavy (non-hydrogen) atoms. The molecule has 1 heterocycles. The van der Waals surface area contributed by atoms with Crippen molar-refractivity contribution < 1.29 is 0 Å². The molecule has 0 bridgehead atoms. The van der Waals surface area contributed by atoms with Gasteiger partial charge >= 0.3 is 0 Å². The molecule has 1 aromatic carbocycles. The van der Waals surface area contributed by atoms with Gasteiger partial charge in [0.25, 0.3) is 0 Å².